The van der Waals surface area contributed by atoms with E-state index in [1.807, 2.05) is 32.0 Å². The third-order valence-corrected chi connectivity index (χ3v) is 4.27. The number of likely N-dealkylation sites (N-methyl/N-ethyl adjacent to an activating group) is 1. The maximum atomic E-state index is 9.96. The number of nitrogens with zero attached hydrogens (tertiary/aromatic N) is 2. The van der Waals surface area contributed by atoms with Crippen LogP contribution in [0.1, 0.15) is 26.7 Å². The van der Waals surface area contributed by atoms with Gasteiger partial charge in [0, 0.05) is 37.4 Å². The van der Waals surface area contributed by atoms with E-state index in [1.54, 1.807) is 7.11 Å². The van der Waals surface area contributed by atoms with Gasteiger partial charge in [-0.2, -0.15) is 0 Å². The van der Waals surface area contributed by atoms with E-state index in [0.29, 0.717) is 12.6 Å². The molecule has 0 aromatic heterocycles. The Labute approximate surface area is 133 Å². The fraction of sp³-hybridized carbons (Fsp3) is 0.647. The highest BCUT2D eigenvalue weighted by Gasteiger charge is 2.26. The smallest absolute Gasteiger partial charge is 0.144 e. The molecule has 0 unspecified atom stereocenters. The highest BCUT2D eigenvalue weighted by atomic mass is 16.5. The monoisotopic (exact) mass is 307 g/mol. The maximum absolute atomic E-state index is 9.96. The van der Waals surface area contributed by atoms with Gasteiger partial charge in [0.1, 0.15) is 5.75 Å². The van der Waals surface area contributed by atoms with Crippen LogP contribution in [-0.2, 0) is 0 Å². The Hall–Kier alpha value is -1.46. The van der Waals surface area contributed by atoms with Crippen LogP contribution in [0.2, 0.25) is 0 Å². The number of aliphatic hydroxyl groups is 1. The van der Waals surface area contributed by atoms with Crippen molar-refractivity contribution in [2.24, 2.45) is 0 Å². The molecular weight excluding hydrogens is 278 g/mol. The van der Waals surface area contributed by atoms with Gasteiger partial charge in [-0.1, -0.05) is 0 Å². The SMILES string of the molecule is COc1cc(N)ccc1N1CCC(N(C)CC(C)(C)O)CC1. The number of piperidine rings is 1. The molecule has 0 saturated carbocycles. The second kappa shape index (κ2) is 6.75. The predicted molar refractivity (Wildman–Crippen MR) is 91.6 cm³/mol. The van der Waals surface area contributed by atoms with E-state index in [2.05, 4.69) is 16.8 Å². The Bertz CT molecular complexity index is 491. The van der Waals surface area contributed by atoms with E-state index < -0.39 is 5.60 Å². The van der Waals surface area contributed by atoms with E-state index in [-0.39, 0.29) is 0 Å². The fourth-order valence-electron chi connectivity index (χ4n) is 3.24. The summed E-state index contributed by atoms with van der Waals surface area (Å²) < 4.78 is 5.45. The van der Waals surface area contributed by atoms with Crippen molar-refractivity contribution in [1.29, 1.82) is 0 Å². The summed E-state index contributed by atoms with van der Waals surface area (Å²) in [7, 11) is 3.78. The number of ether oxygens (including phenoxy) is 1. The number of nitrogens with two attached hydrogens (primary N) is 1. The molecule has 124 valence electrons. The summed E-state index contributed by atoms with van der Waals surface area (Å²) in [6, 6.07) is 6.35. The first kappa shape index (κ1) is 16.9. The highest BCUT2D eigenvalue weighted by Crippen LogP contribution is 2.32. The van der Waals surface area contributed by atoms with Crippen molar-refractivity contribution in [2.75, 3.05) is 44.4 Å². The zero-order valence-corrected chi connectivity index (χ0v) is 14.2. The lowest BCUT2D eigenvalue weighted by Crippen LogP contribution is -2.47. The van der Waals surface area contributed by atoms with Crippen molar-refractivity contribution < 1.29 is 9.84 Å². The van der Waals surface area contributed by atoms with Crippen LogP contribution in [0.25, 0.3) is 0 Å². The molecule has 0 amide bonds. The lowest BCUT2D eigenvalue weighted by Gasteiger charge is -2.39. The van der Waals surface area contributed by atoms with Crippen LogP contribution in [-0.4, -0.2) is 55.4 Å². The van der Waals surface area contributed by atoms with Crippen LogP contribution in [0.15, 0.2) is 18.2 Å². The molecule has 2 rings (SSSR count). The maximum Gasteiger partial charge on any atom is 0.144 e. The Morgan fingerprint density at radius 1 is 1.36 bits per heavy atom. The van der Waals surface area contributed by atoms with Crippen molar-refractivity contribution in [2.45, 2.75) is 38.3 Å². The van der Waals surface area contributed by atoms with Gasteiger partial charge >= 0.3 is 0 Å². The van der Waals surface area contributed by atoms with Gasteiger partial charge in [-0.3, -0.25) is 0 Å². The summed E-state index contributed by atoms with van der Waals surface area (Å²) in [6.07, 6.45) is 2.17. The van der Waals surface area contributed by atoms with Gasteiger partial charge in [0.2, 0.25) is 0 Å². The third kappa shape index (κ3) is 4.27. The molecule has 0 radical (unpaired) electrons. The van der Waals surface area contributed by atoms with Gasteiger partial charge in [-0.25, -0.2) is 0 Å². The van der Waals surface area contributed by atoms with Crippen LogP contribution < -0.4 is 15.4 Å². The molecule has 1 aliphatic rings. The molecule has 1 aromatic carbocycles. The van der Waals surface area contributed by atoms with E-state index in [9.17, 15) is 5.11 Å². The number of nitrogen functional groups attached to an aromatic ring is 1. The summed E-state index contributed by atoms with van der Waals surface area (Å²) in [5.74, 6) is 0.836. The molecule has 0 bridgehead atoms. The van der Waals surface area contributed by atoms with Gasteiger partial charge in [-0.15, -0.1) is 0 Å². The molecule has 3 N–H and O–H groups in total. The number of rotatable bonds is 5. The number of benzene rings is 1. The third-order valence-electron chi connectivity index (χ3n) is 4.27. The largest absolute Gasteiger partial charge is 0.495 e. The van der Waals surface area contributed by atoms with Crippen molar-refractivity contribution in [3.8, 4) is 5.75 Å². The van der Waals surface area contributed by atoms with Crippen molar-refractivity contribution in [3.63, 3.8) is 0 Å². The molecule has 0 spiro atoms. The number of hydrogen-bond acceptors (Lipinski definition) is 5. The van der Waals surface area contributed by atoms with Gasteiger partial charge < -0.3 is 25.4 Å². The Kier molecular flexibility index (Phi) is 5.19. The minimum Gasteiger partial charge on any atom is -0.495 e. The van der Waals surface area contributed by atoms with Crippen molar-refractivity contribution >= 4 is 11.4 Å². The first-order valence-corrected chi connectivity index (χ1v) is 7.91. The number of anilines is 2. The molecular formula is C17H29N3O2. The molecule has 1 heterocycles. The lowest BCUT2D eigenvalue weighted by atomic mass is 10.0. The summed E-state index contributed by atoms with van der Waals surface area (Å²) in [6.45, 7) is 6.39. The minimum absolute atomic E-state index is 0.516. The topological polar surface area (TPSA) is 62.0 Å². The number of hydrogen-bond donors (Lipinski definition) is 2. The molecule has 1 aromatic rings. The summed E-state index contributed by atoms with van der Waals surface area (Å²) in [5.41, 5.74) is 7.01. The predicted octanol–water partition coefficient (Wildman–Crippen LogP) is 1.95. The Balaban J connectivity index is 1.98. The van der Waals surface area contributed by atoms with E-state index in [4.69, 9.17) is 10.5 Å². The standard InChI is InChI=1S/C17H29N3O2/c1-17(2,21)12-19(3)14-7-9-20(10-8-14)15-6-5-13(18)11-16(15)22-4/h5-6,11,14,21H,7-10,12,18H2,1-4H3. The van der Waals surface area contributed by atoms with E-state index >= 15 is 0 Å². The molecule has 1 fully saturated rings. The van der Waals surface area contributed by atoms with Crippen molar-refractivity contribution in [3.05, 3.63) is 18.2 Å². The molecule has 5 heteroatoms. The minimum atomic E-state index is -0.647. The lowest BCUT2D eigenvalue weighted by molar-refractivity contribution is 0.0275. The van der Waals surface area contributed by atoms with Crippen LogP contribution in [0, 0.1) is 0 Å². The first-order valence-electron chi connectivity index (χ1n) is 7.91. The molecule has 1 aliphatic heterocycles. The Morgan fingerprint density at radius 2 is 2.00 bits per heavy atom. The average Bonchev–Trinajstić information content (AvgIpc) is 2.45. The fourth-order valence-corrected chi connectivity index (χ4v) is 3.24. The zero-order valence-electron chi connectivity index (χ0n) is 14.2. The second-order valence-electron chi connectivity index (χ2n) is 6.88. The zero-order chi connectivity index (χ0) is 16.3. The van der Waals surface area contributed by atoms with E-state index in [1.165, 1.54) is 0 Å². The van der Waals surface area contributed by atoms with Gasteiger partial charge in [0.25, 0.3) is 0 Å². The van der Waals surface area contributed by atoms with Crippen LogP contribution in [0.5, 0.6) is 5.75 Å². The first-order chi connectivity index (χ1) is 10.3. The summed E-state index contributed by atoms with van der Waals surface area (Å²) >= 11 is 0. The van der Waals surface area contributed by atoms with Gasteiger partial charge in [-0.05, 0) is 45.9 Å². The van der Waals surface area contributed by atoms with Crippen LogP contribution >= 0.6 is 0 Å². The van der Waals surface area contributed by atoms with Gasteiger partial charge in [0.15, 0.2) is 0 Å². The Morgan fingerprint density at radius 3 is 2.55 bits per heavy atom. The molecule has 0 atom stereocenters. The van der Waals surface area contributed by atoms with E-state index in [0.717, 1.165) is 43.1 Å². The summed E-state index contributed by atoms with van der Waals surface area (Å²) in [4.78, 5) is 4.63. The average molecular weight is 307 g/mol. The molecule has 22 heavy (non-hydrogen) atoms. The highest BCUT2D eigenvalue weighted by molar-refractivity contribution is 5.64. The molecule has 5 nitrogen and oxygen atoms in total. The normalized spacial score (nSPS) is 17.1. The van der Waals surface area contributed by atoms with Crippen LogP contribution in [0.4, 0.5) is 11.4 Å². The number of methoxy groups -OCH3 is 1. The van der Waals surface area contributed by atoms with Crippen LogP contribution in [0.3, 0.4) is 0 Å². The van der Waals surface area contributed by atoms with Gasteiger partial charge in [0.05, 0.1) is 18.4 Å². The second-order valence-corrected chi connectivity index (χ2v) is 6.88. The quantitative estimate of drug-likeness (QED) is 0.814. The molecule has 0 aliphatic carbocycles. The summed E-state index contributed by atoms with van der Waals surface area (Å²) in [5, 5.41) is 9.96. The molecule has 1 saturated heterocycles. The van der Waals surface area contributed by atoms with Crippen molar-refractivity contribution in [1.82, 2.24) is 4.90 Å².